The molecule has 0 aliphatic rings. The minimum Gasteiger partial charge on any atom is -0.370 e. The second-order valence-electron chi connectivity index (χ2n) is 4.08. The van der Waals surface area contributed by atoms with E-state index in [4.69, 9.17) is 5.73 Å². The van der Waals surface area contributed by atoms with Crippen LogP contribution in [-0.2, 0) is 13.0 Å². The van der Waals surface area contributed by atoms with Crippen molar-refractivity contribution in [1.82, 2.24) is 5.32 Å². The number of nitrogens with two attached hydrogens (primary N) is 1. The lowest BCUT2D eigenvalue weighted by Gasteiger charge is -2.04. The van der Waals surface area contributed by atoms with E-state index in [1.165, 1.54) is 17.0 Å². The Bertz CT molecular complexity index is 520. The summed E-state index contributed by atoms with van der Waals surface area (Å²) in [4.78, 5) is 5.53. The number of guanidine groups is 1. The molecule has 1 heterocycles. The largest absolute Gasteiger partial charge is 0.370 e. The van der Waals surface area contributed by atoms with Gasteiger partial charge >= 0.3 is 0 Å². The third-order valence-electron chi connectivity index (χ3n) is 2.60. The van der Waals surface area contributed by atoms with Crippen LogP contribution in [-0.4, -0.2) is 12.5 Å². The average molecular weight is 277 g/mol. The van der Waals surface area contributed by atoms with E-state index in [1.807, 2.05) is 6.07 Å². The molecule has 19 heavy (non-hydrogen) atoms. The highest BCUT2D eigenvalue weighted by Crippen LogP contribution is 2.08. The molecule has 5 heteroatoms. The molecule has 0 spiro atoms. The summed E-state index contributed by atoms with van der Waals surface area (Å²) < 4.78 is 12.7. The highest BCUT2D eigenvalue weighted by molar-refractivity contribution is 7.09. The summed E-state index contributed by atoms with van der Waals surface area (Å²) in [5.41, 5.74) is 6.69. The van der Waals surface area contributed by atoms with Gasteiger partial charge in [0.25, 0.3) is 0 Å². The van der Waals surface area contributed by atoms with Crippen LogP contribution in [0.3, 0.4) is 0 Å². The average Bonchev–Trinajstić information content (AvgIpc) is 2.91. The quantitative estimate of drug-likeness (QED) is 0.652. The summed E-state index contributed by atoms with van der Waals surface area (Å²) in [5, 5.41) is 5.12. The van der Waals surface area contributed by atoms with Gasteiger partial charge in [0.2, 0.25) is 0 Å². The zero-order valence-corrected chi connectivity index (χ0v) is 11.3. The summed E-state index contributed by atoms with van der Waals surface area (Å²) in [7, 11) is 0. The fourth-order valence-corrected chi connectivity index (χ4v) is 2.30. The smallest absolute Gasteiger partial charge is 0.188 e. The SMILES string of the molecule is NC(=NCc1ccc(F)cc1)NCCc1cccs1. The van der Waals surface area contributed by atoms with Gasteiger partial charge in [0.1, 0.15) is 5.82 Å². The van der Waals surface area contributed by atoms with Crippen LogP contribution in [0.15, 0.2) is 46.8 Å². The van der Waals surface area contributed by atoms with Crippen molar-refractivity contribution in [3.05, 3.63) is 58.0 Å². The molecule has 2 rings (SSSR count). The molecule has 2 aromatic rings. The minimum absolute atomic E-state index is 0.241. The van der Waals surface area contributed by atoms with Gasteiger partial charge in [-0.3, -0.25) is 0 Å². The number of hydrogen-bond acceptors (Lipinski definition) is 2. The van der Waals surface area contributed by atoms with Crippen molar-refractivity contribution in [3.63, 3.8) is 0 Å². The lowest BCUT2D eigenvalue weighted by atomic mass is 10.2. The van der Waals surface area contributed by atoms with Crippen LogP contribution in [0.4, 0.5) is 4.39 Å². The van der Waals surface area contributed by atoms with Crippen LogP contribution in [0.5, 0.6) is 0 Å². The van der Waals surface area contributed by atoms with Crippen molar-refractivity contribution in [3.8, 4) is 0 Å². The van der Waals surface area contributed by atoms with E-state index >= 15 is 0 Å². The fraction of sp³-hybridized carbons (Fsp3) is 0.214. The highest BCUT2D eigenvalue weighted by Gasteiger charge is 1.96. The van der Waals surface area contributed by atoms with Gasteiger partial charge in [-0.1, -0.05) is 18.2 Å². The number of nitrogens with zero attached hydrogens (tertiary/aromatic N) is 1. The normalized spacial score (nSPS) is 11.5. The molecule has 0 saturated carbocycles. The van der Waals surface area contributed by atoms with Crippen LogP contribution in [0.2, 0.25) is 0 Å². The van der Waals surface area contributed by atoms with E-state index in [0.29, 0.717) is 12.5 Å². The van der Waals surface area contributed by atoms with E-state index in [-0.39, 0.29) is 5.82 Å². The van der Waals surface area contributed by atoms with Gasteiger partial charge in [-0.25, -0.2) is 9.38 Å². The maximum Gasteiger partial charge on any atom is 0.188 e. The van der Waals surface area contributed by atoms with Gasteiger partial charge in [-0.15, -0.1) is 11.3 Å². The zero-order valence-electron chi connectivity index (χ0n) is 10.5. The van der Waals surface area contributed by atoms with Crippen molar-refractivity contribution in [2.75, 3.05) is 6.54 Å². The molecule has 0 amide bonds. The number of thiophene rings is 1. The second kappa shape index (κ2) is 6.89. The summed E-state index contributed by atoms with van der Waals surface area (Å²) in [6.07, 6.45) is 0.935. The molecule has 0 unspecified atom stereocenters. The molecule has 0 bridgehead atoms. The van der Waals surface area contributed by atoms with Gasteiger partial charge in [-0.2, -0.15) is 0 Å². The molecule has 1 aromatic heterocycles. The number of rotatable bonds is 5. The van der Waals surface area contributed by atoms with Gasteiger partial charge < -0.3 is 11.1 Å². The van der Waals surface area contributed by atoms with Crippen molar-refractivity contribution >= 4 is 17.3 Å². The minimum atomic E-state index is -0.241. The fourth-order valence-electron chi connectivity index (χ4n) is 1.59. The first-order valence-corrected chi connectivity index (χ1v) is 6.92. The van der Waals surface area contributed by atoms with Crippen LogP contribution < -0.4 is 11.1 Å². The Balaban J connectivity index is 1.74. The Labute approximate surface area is 116 Å². The number of benzene rings is 1. The monoisotopic (exact) mass is 277 g/mol. The Hall–Kier alpha value is -1.88. The number of hydrogen-bond donors (Lipinski definition) is 2. The zero-order chi connectivity index (χ0) is 13.5. The maximum atomic E-state index is 12.7. The second-order valence-corrected chi connectivity index (χ2v) is 5.12. The van der Waals surface area contributed by atoms with Crippen molar-refractivity contribution in [1.29, 1.82) is 0 Å². The number of nitrogens with one attached hydrogen (secondary N) is 1. The molecule has 3 nitrogen and oxygen atoms in total. The topological polar surface area (TPSA) is 50.4 Å². The van der Waals surface area contributed by atoms with Gasteiger partial charge in [-0.05, 0) is 35.6 Å². The van der Waals surface area contributed by atoms with E-state index in [9.17, 15) is 4.39 Å². The summed E-state index contributed by atoms with van der Waals surface area (Å²) >= 11 is 1.73. The summed E-state index contributed by atoms with van der Waals surface area (Å²) in [6.45, 7) is 1.22. The Kier molecular flexibility index (Phi) is 4.92. The molecular formula is C14H16FN3S. The van der Waals surface area contributed by atoms with E-state index in [0.717, 1.165) is 18.5 Å². The highest BCUT2D eigenvalue weighted by atomic mass is 32.1. The third-order valence-corrected chi connectivity index (χ3v) is 3.54. The van der Waals surface area contributed by atoms with Crippen molar-refractivity contribution in [2.24, 2.45) is 10.7 Å². The Morgan fingerprint density at radius 3 is 2.74 bits per heavy atom. The van der Waals surface area contributed by atoms with E-state index in [2.05, 4.69) is 21.8 Å². The van der Waals surface area contributed by atoms with Gasteiger partial charge in [0.15, 0.2) is 5.96 Å². The number of aliphatic imine (C=N–C) groups is 1. The maximum absolute atomic E-state index is 12.7. The first kappa shape index (κ1) is 13.5. The third kappa shape index (κ3) is 4.71. The Morgan fingerprint density at radius 2 is 2.05 bits per heavy atom. The molecule has 0 fully saturated rings. The molecule has 1 aromatic carbocycles. The first-order chi connectivity index (χ1) is 9.24. The van der Waals surface area contributed by atoms with Crippen LogP contribution >= 0.6 is 11.3 Å². The number of halogens is 1. The van der Waals surface area contributed by atoms with E-state index < -0.39 is 0 Å². The van der Waals surface area contributed by atoms with Crippen molar-refractivity contribution < 1.29 is 4.39 Å². The molecule has 100 valence electrons. The molecule has 0 saturated heterocycles. The summed E-state index contributed by atoms with van der Waals surface area (Å²) in [6, 6.07) is 10.4. The van der Waals surface area contributed by atoms with Crippen LogP contribution in [0.25, 0.3) is 0 Å². The van der Waals surface area contributed by atoms with Crippen LogP contribution in [0, 0.1) is 5.82 Å². The molecule has 3 N–H and O–H groups in total. The summed E-state index contributed by atoms with van der Waals surface area (Å²) in [5.74, 6) is 0.177. The van der Waals surface area contributed by atoms with Crippen LogP contribution in [0.1, 0.15) is 10.4 Å². The molecular weight excluding hydrogens is 261 g/mol. The van der Waals surface area contributed by atoms with Crippen molar-refractivity contribution in [2.45, 2.75) is 13.0 Å². The van der Waals surface area contributed by atoms with Gasteiger partial charge in [0.05, 0.1) is 6.54 Å². The lowest BCUT2D eigenvalue weighted by Crippen LogP contribution is -2.33. The molecule has 0 aliphatic heterocycles. The Morgan fingerprint density at radius 1 is 1.26 bits per heavy atom. The molecule has 0 radical (unpaired) electrons. The predicted molar refractivity (Wildman–Crippen MR) is 77.8 cm³/mol. The standard InChI is InChI=1S/C14H16FN3S/c15-12-5-3-11(4-6-12)10-18-14(16)17-8-7-13-2-1-9-19-13/h1-6,9H,7-8,10H2,(H3,16,17,18). The van der Waals surface area contributed by atoms with E-state index in [1.54, 1.807) is 23.5 Å². The van der Waals surface area contributed by atoms with Gasteiger partial charge in [0, 0.05) is 11.4 Å². The molecule has 0 atom stereocenters. The first-order valence-electron chi connectivity index (χ1n) is 6.04. The predicted octanol–water partition coefficient (Wildman–Crippen LogP) is 2.53. The lowest BCUT2D eigenvalue weighted by molar-refractivity contribution is 0.627. The molecule has 0 aliphatic carbocycles.